The zero-order valence-corrected chi connectivity index (χ0v) is 15.3. The fourth-order valence-electron chi connectivity index (χ4n) is 3.45. The standard InChI is InChI=1S/C21H18F3NO3/c1-12-20(21(27)28-2)17(16-7-6-15(23)9-18(16)24)10-19(26)25(12)11-13-4-3-5-14(22)8-13/h3-9,17H,10-11H2,1-2H3/t17-/m0/s1. The number of hydrogen-bond acceptors (Lipinski definition) is 3. The molecule has 3 rings (SSSR count). The molecule has 4 nitrogen and oxygen atoms in total. The van der Waals surface area contributed by atoms with Crippen LogP contribution in [0, 0.1) is 17.5 Å². The summed E-state index contributed by atoms with van der Waals surface area (Å²) in [5, 5.41) is 0. The van der Waals surface area contributed by atoms with E-state index in [0.29, 0.717) is 17.3 Å². The number of hydrogen-bond donors (Lipinski definition) is 0. The average molecular weight is 389 g/mol. The number of amides is 1. The van der Waals surface area contributed by atoms with Gasteiger partial charge in [-0.2, -0.15) is 0 Å². The van der Waals surface area contributed by atoms with Crippen molar-refractivity contribution in [1.82, 2.24) is 4.90 Å². The van der Waals surface area contributed by atoms with Gasteiger partial charge in [0.1, 0.15) is 17.5 Å². The van der Waals surface area contributed by atoms with Crippen LogP contribution in [0.15, 0.2) is 53.7 Å². The highest BCUT2D eigenvalue weighted by molar-refractivity contribution is 5.95. The van der Waals surface area contributed by atoms with Gasteiger partial charge in [-0.3, -0.25) is 4.79 Å². The van der Waals surface area contributed by atoms with Crippen molar-refractivity contribution in [2.75, 3.05) is 7.11 Å². The van der Waals surface area contributed by atoms with Crippen molar-refractivity contribution in [3.05, 3.63) is 82.3 Å². The highest BCUT2D eigenvalue weighted by atomic mass is 19.1. The van der Waals surface area contributed by atoms with E-state index in [1.165, 1.54) is 36.3 Å². The van der Waals surface area contributed by atoms with E-state index in [4.69, 9.17) is 4.74 Å². The first-order valence-corrected chi connectivity index (χ1v) is 8.60. The van der Waals surface area contributed by atoms with E-state index in [1.807, 2.05) is 0 Å². The molecule has 7 heteroatoms. The van der Waals surface area contributed by atoms with Crippen molar-refractivity contribution >= 4 is 11.9 Å². The van der Waals surface area contributed by atoms with Gasteiger partial charge in [-0.1, -0.05) is 18.2 Å². The molecule has 0 unspecified atom stereocenters. The van der Waals surface area contributed by atoms with Gasteiger partial charge in [-0.25, -0.2) is 18.0 Å². The minimum absolute atomic E-state index is 0.0416. The van der Waals surface area contributed by atoms with Crippen LogP contribution in [0.5, 0.6) is 0 Å². The number of halogens is 3. The van der Waals surface area contributed by atoms with E-state index in [-0.39, 0.29) is 30.0 Å². The second-order valence-corrected chi connectivity index (χ2v) is 6.52. The van der Waals surface area contributed by atoms with Crippen molar-refractivity contribution in [3.8, 4) is 0 Å². The zero-order valence-electron chi connectivity index (χ0n) is 15.3. The second kappa shape index (κ2) is 7.88. The molecule has 0 spiro atoms. The van der Waals surface area contributed by atoms with Crippen molar-refractivity contribution in [1.29, 1.82) is 0 Å². The Morgan fingerprint density at radius 1 is 1.14 bits per heavy atom. The number of rotatable bonds is 4. The van der Waals surface area contributed by atoms with Crippen LogP contribution in [0.4, 0.5) is 13.2 Å². The molecule has 0 aliphatic carbocycles. The number of benzene rings is 2. The Bertz CT molecular complexity index is 971. The third-order valence-corrected chi connectivity index (χ3v) is 4.80. The van der Waals surface area contributed by atoms with E-state index in [0.717, 1.165) is 6.07 Å². The Morgan fingerprint density at radius 3 is 2.50 bits per heavy atom. The summed E-state index contributed by atoms with van der Waals surface area (Å²) in [6, 6.07) is 8.78. The molecular formula is C21H18F3NO3. The molecule has 1 aliphatic heterocycles. The predicted octanol–water partition coefficient (Wildman–Crippen LogP) is 4.07. The molecule has 146 valence electrons. The largest absolute Gasteiger partial charge is 0.466 e. The number of nitrogens with zero attached hydrogens (tertiary/aromatic N) is 1. The lowest BCUT2D eigenvalue weighted by atomic mass is 9.83. The van der Waals surface area contributed by atoms with Crippen molar-refractivity contribution < 1.29 is 27.5 Å². The Hall–Kier alpha value is -3.09. The van der Waals surface area contributed by atoms with Crippen molar-refractivity contribution in [2.24, 2.45) is 0 Å². The zero-order chi connectivity index (χ0) is 20.4. The van der Waals surface area contributed by atoms with Gasteiger partial charge in [0.05, 0.1) is 19.2 Å². The highest BCUT2D eigenvalue weighted by Crippen LogP contribution is 2.38. The first-order chi connectivity index (χ1) is 13.3. The van der Waals surface area contributed by atoms with Crippen LogP contribution < -0.4 is 0 Å². The first-order valence-electron chi connectivity index (χ1n) is 8.60. The van der Waals surface area contributed by atoms with Crippen LogP contribution in [0.25, 0.3) is 0 Å². The van der Waals surface area contributed by atoms with Gasteiger partial charge in [0.2, 0.25) is 5.91 Å². The minimum atomic E-state index is -0.899. The third-order valence-electron chi connectivity index (χ3n) is 4.80. The first kappa shape index (κ1) is 19.7. The fourth-order valence-corrected chi connectivity index (χ4v) is 3.45. The number of ether oxygens (including phenoxy) is 1. The molecule has 0 fully saturated rings. The molecule has 1 amide bonds. The van der Waals surface area contributed by atoms with Crippen molar-refractivity contribution in [2.45, 2.75) is 25.8 Å². The smallest absolute Gasteiger partial charge is 0.336 e. The predicted molar refractivity (Wildman–Crippen MR) is 95.4 cm³/mol. The van der Waals surface area contributed by atoms with Gasteiger partial charge in [0, 0.05) is 24.1 Å². The maximum atomic E-state index is 14.3. The van der Waals surface area contributed by atoms with Gasteiger partial charge in [0.15, 0.2) is 0 Å². The molecule has 0 bridgehead atoms. The number of allylic oxidation sites excluding steroid dienone is 1. The summed E-state index contributed by atoms with van der Waals surface area (Å²) in [5.74, 6) is -4.00. The number of esters is 1. The number of methoxy groups -OCH3 is 1. The third kappa shape index (κ3) is 3.78. The van der Waals surface area contributed by atoms with Crippen LogP contribution in [0.1, 0.15) is 30.4 Å². The lowest BCUT2D eigenvalue weighted by Gasteiger charge is -2.34. The van der Waals surface area contributed by atoms with Crippen molar-refractivity contribution in [3.63, 3.8) is 0 Å². The Labute approximate surface area is 160 Å². The second-order valence-electron chi connectivity index (χ2n) is 6.52. The molecule has 0 saturated carbocycles. The molecule has 1 atom stereocenters. The summed E-state index contributed by atoms with van der Waals surface area (Å²) in [6.45, 7) is 1.61. The monoisotopic (exact) mass is 389 g/mol. The average Bonchev–Trinajstić information content (AvgIpc) is 2.64. The molecule has 2 aromatic carbocycles. The molecule has 0 aromatic heterocycles. The van der Waals surface area contributed by atoms with Gasteiger partial charge in [-0.15, -0.1) is 0 Å². The van der Waals surface area contributed by atoms with Gasteiger partial charge in [0.25, 0.3) is 0 Å². The SMILES string of the molecule is COC(=O)C1=C(C)N(Cc2cccc(F)c2)C(=O)C[C@H]1c1ccc(F)cc1F. The summed E-state index contributed by atoms with van der Waals surface area (Å²) in [7, 11) is 1.19. The minimum Gasteiger partial charge on any atom is -0.466 e. The number of carbonyl (C=O) groups excluding carboxylic acids is 2. The maximum absolute atomic E-state index is 14.3. The molecular weight excluding hydrogens is 371 g/mol. The summed E-state index contributed by atoms with van der Waals surface area (Å²) in [4.78, 5) is 26.5. The fraction of sp³-hybridized carbons (Fsp3) is 0.238. The summed E-state index contributed by atoms with van der Waals surface area (Å²) >= 11 is 0. The lowest BCUT2D eigenvalue weighted by molar-refractivity contribution is -0.138. The van der Waals surface area contributed by atoms with Crippen LogP contribution in [-0.2, 0) is 20.9 Å². The Kier molecular flexibility index (Phi) is 5.53. The topological polar surface area (TPSA) is 46.6 Å². The molecule has 0 N–H and O–H groups in total. The van der Waals surface area contributed by atoms with Crippen LogP contribution in [0.2, 0.25) is 0 Å². The van der Waals surface area contributed by atoms with E-state index in [9.17, 15) is 22.8 Å². The summed E-state index contributed by atoms with van der Waals surface area (Å²) in [5.41, 5.74) is 0.994. The summed E-state index contributed by atoms with van der Waals surface area (Å²) in [6.07, 6.45) is -0.195. The number of carbonyl (C=O) groups is 2. The molecule has 2 aromatic rings. The maximum Gasteiger partial charge on any atom is 0.336 e. The van der Waals surface area contributed by atoms with E-state index < -0.39 is 29.3 Å². The highest BCUT2D eigenvalue weighted by Gasteiger charge is 2.37. The van der Waals surface area contributed by atoms with Gasteiger partial charge < -0.3 is 9.64 Å². The van der Waals surface area contributed by atoms with E-state index >= 15 is 0 Å². The van der Waals surface area contributed by atoms with E-state index in [2.05, 4.69) is 0 Å². The normalized spacial score (nSPS) is 17.1. The van der Waals surface area contributed by atoms with E-state index in [1.54, 1.807) is 13.0 Å². The molecule has 1 aliphatic rings. The molecule has 0 radical (unpaired) electrons. The van der Waals surface area contributed by atoms with Crippen LogP contribution in [-0.4, -0.2) is 23.9 Å². The summed E-state index contributed by atoms with van der Waals surface area (Å²) < 4.78 is 45.9. The van der Waals surface area contributed by atoms with Gasteiger partial charge >= 0.3 is 5.97 Å². The Morgan fingerprint density at radius 2 is 1.86 bits per heavy atom. The van der Waals surface area contributed by atoms with Crippen LogP contribution >= 0.6 is 0 Å². The molecule has 1 heterocycles. The Balaban J connectivity index is 2.06. The quantitative estimate of drug-likeness (QED) is 0.741. The molecule has 28 heavy (non-hydrogen) atoms. The molecule has 0 saturated heterocycles. The van der Waals surface area contributed by atoms with Gasteiger partial charge in [-0.05, 0) is 36.2 Å². The lowest BCUT2D eigenvalue weighted by Crippen LogP contribution is -2.38. The van der Waals surface area contributed by atoms with Crippen LogP contribution in [0.3, 0.4) is 0 Å².